The van der Waals surface area contributed by atoms with Crippen molar-refractivity contribution in [1.82, 2.24) is 0 Å². The zero-order valence-corrected chi connectivity index (χ0v) is 9.90. The van der Waals surface area contributed by atoms with E-state index in [0.29, 0.717) is 0 Å². The molecule has 0 aromatic heterocycles. The average Bonchev–Trinajstić information content (AvgIpc) is 2.28. The van der Waals surface area contributed by atoms with Gasteiger partial charge in [0.2, 0.25) is 0 Å². The third-order valence-electron chi connectivity index (χ3n) is 2.31. The fourth-order valence-electron chi connectivity index (χ4n) is 1.46. The zero-order chi connectivity index (χ0) is 11.8. The Morgan fingerprint density at radius 2 is 1.94 bits per heavy atom. The maximum atomic E-state index is 10.6. The van der Waals surface area contributed by atoms with Crippen LogP contribution in [0.25, 0.3) is 0 Å². The van der Waals surface area contributed by atoms with Gasteiger partial charge < -0.3 is 4.74 Å². The Hall–Kier alpha value is -1.57. The van der Waals surface area contributed by atoms with Crippen molar-refractivity contribution in [3.05, 3.63) is 47.7 Å². The van der Waals surface area contributed by atoms with Gasteiger partial charge in [-0.3, -0.25) is 4.79 Å². The first-order valence-corrected chi connectivity index (χ1v) is 5.55. The smallest absolute Gasteiger partial charge is 0.307 e. The lowest BCUT2D eigenvalue weighted by atomic mass is 10.1. The number of aryl methyl sites for hydroxylation is 1. The van der Waals surface area contributed by atoms with Crippen LogP contribution >= 0.6 is 0 Å². The second kappa shape index (κ2) is 6.83. The second-order valence-corrected chi connectivity index (χ2v) is 3.91. The SMILES string of the molecule is CC(=O)OC=C(C)CCCc1ccccc1. The van der Waals surface area contributed by atoms with Gasteiger partial charge in [-0.15, -0.1) is 0 Å². The van der Waals surface area contributed by atoms with Crippen LogP contribution in [0.2, 0.25) is 0 Å². The molecule has 0 bridgehead atoms. The van der Waals surface area contributed by atoms with E-state index in [1.165, 1.54) is 12.5 Å². The van der Waals surface area contributed by atoms with E-state index in [4.69, 9.17) is 4.74 Å². The number of allylic oxidation sites excluding steroid dienone is 1. The molecule has 0 atom stereocenters. The summed E-state index contributed by atoms with van der Waals surface area (Å²) in [5, 5.41) is 0. The molecule has 0 saturated carbocycles. The molecule has 86 valence electrons. The molecular formula is C14H18O2. The minimum absolute atomic E-state index is 0.262. The van der Waals surface area contributed by atoms with E-state index in [1.807, 2.05) is 13.0 Å². The van der Waals surface area contributed by atoms with Gasteiger partial charge in [0, 0.05) is 6.92 Å². The summed E-state index contributed by atoms with van der Waals surface area (Å²) in [4.78, 5) is 10.6. The summed E-state index contributed by atoms with van der Waals surface area (Å²) in [6.07, 6.45) is 4.65. The molecule has 0 N–H and O–H groups in total. The molecule has 0 aliphatic heterocycles. The van der Waals surface area contributed by atoms with Crippen LogP contribution in [0.5, 0.6) is 0 Å². The van der Waals surface area contributed by atoms with E-state index in [2.05, 4.69) is 24.3 Å². The van der Waals surface area contributed by atoms with Gasteiger partial charge in [0.1, 0.15) is 0 Å². The van der Waals surface area contributed by atoms with Crippen molar-refractivity contribution in [3.8, 4) is 0 Å². The summed E-state index contributed by atoms with van der Waals surface area (Å²) >= 11 is 0. The molecule has 0 radical (unpaired) electrons. The van der Waals surface area contributed by atoms with Gasteiger partial charge in [-0.05, 0) is 37.3 Å². The summed E-state index contributed by atoms with van der Waals surface area (Å²) in [5.41, 5.74) is 2.45. The van der Waals surface area contributed by atoms with Crippen molar-refractivity contribution >= 4 is 5.97 Å². The van der Waals surface area contributed by atoms with Gasteiger partial charge in [-0.25, -0.2) is 0 Å². The fourth-order valence-corrected chi connectivity index (χ4v) is 1.46. The third-order valence-corrected chi connectivity index (χ3v) is 2.31. The first-order chi connectivity index (χ1) is 7.68. The van der Waals surface area contributed by atoms with Gasteiger partial charge in [0.15, 0.2) is 0 Å². The molecule has 0 amide bonds. The van der Waals surface area contributed by atoms with Crippen molar-refractivity contribution in [3.63, 3.8) is 0 Å². The highest BCUT2D eigenvalue weighted by molar-refractivity contribution is 5.66. The monoisotopic (exact) mass is 218 g/mol. The Morgan fingerprint density at radius 1 is 1.25 bits per heavy atom. The van der Waals surface area contributed by atoms with Crippen molar-refractivity contribution < 1.29 is 9.53 Å². The van der Waals surface area contributed by atoms with E-state index in [1.54, 1.807) is 6.26 Å². The topological polar surface area (TPSA) is 26.3 Å². The molecule has 0 aliphatic rings. The molecule has 2 heteroatoms. The predicted octanol–water partition coefficient (Wildman–Crippen LogP) is 3.48. The van der Waals surface area contributed by atoms with Gasteiger partial charge in [0.05, 0.1) is 6.26 Å². The van der Waals surface area contributed by atoms with Crippen molar-refractivity contribution in [2.75, 3.05) is 0 Å². The molecule has 1 rings (SSSR count). The van der Waals surface area contributed by atoms with E-state index >= 15 is 0 Å². The van der Waals surface area contributed by atoms with E-state index < -0.39 is 0 Å². The molecule has 1 aromatic rings. The zero-order valence-electron chi connectivity index (χ0n) is 9.90. The highest BCUT2D eigenvalue weighted by Crippen LogP contribution is 2.09. The van der Waals surface area contributed by atoms with Gasteiger partial charge in [-0.2, -0.15) is 0 Å². The predicted molar refractivity (Wildman–Crippen MR) is 64.9 cm³/mol. The lowest BCUT2D eigenvalue weighted by Gasteiger charge is -2.02. The Labute approximate surface area is 96.9 Å². The Bertz CT molecular complexity index is 352. The number of benzene rings is 1. The molecule has 0 spiro atoms. The van der Waals surface area contributed by atoms with Gasteiger partial charge in [0.25, 0.3) is 0 Å². The quantitative estimate of drug-likeness (QED) is 0.558. The van der Waals surface area contributed by atoms with Crippen LogP contribution in [0.1, 0.15) is 32.3 Å². The normalized spacial score (nSPS) is 11.2. The van der Waals surface area contributed by atoms with Crippen LogP contribution < -0.4 is 0 Å². The van der Waals surface area contributed by atoms with E-state index in [-0.39, 0.29) is 5.97 Å². The van der Waals surface area contributed by atoms with Gasteiger partial charge in [-0.1, -0.05) is 30.3 Å². The van der Waals surface area contributed by atoms with E-state index in [0.717, 1.165) is 24.8 Å². The molecule has 16 heavy (non-hydrogen) atoms. The summed E-state index contributed by atoms with van der Waals surface area (Å²) < 4.78 is 4.81. The van der Waals surface area contributed by atoms with Crippen molar-refractivity contribution in [2.24, 2.45) is 0 Å². The van der Waals surface area contributed by atoms with Crippen LogP contribution in [-0.2, 0) is 16.0 Å². The Kier molecular flexibility index (Phi) is 5.34. The standard InChI is InChI=1S/C14H18O2/c1-12(11-16-13(2)15)7-6-10-14-8-4-3-5-9-14/h3-5,8-9,11H,6-7,10H2,1-2H3. The summed E-state index contributed by atoms with van der Waals surface area (Å²) in [7, 11) is 0. The average molecular weight is 218 g/mol. The second-order valence-electron chi connectivity index (χ2n) is 3.91. The van der Waals surface area contributed by atoms with Crippen molar-refractivity contribution in [1.29, 1.82) is 0 Å². The van der Waals surface area contributed by atoms with Crippen molar-refractivity contribution in [2.45, 2.75) is 33.1 Å². The lowest BCUT2D eigenvalue weighted by Crippen LogP contribution is -1.92. The molecule has 0 aliphatic carbocycles. The van der Waals surface area contributed by atoms with Crippen LogP contribution in [-0.4, -0.2) is 5.97 Å². The summed E-state index contributed by atoms with van der Waals surface area (Å²) in [6, 6.07) is 10.4. The fraction of sp³-hybridized carbons (Fsp3) is 0.357. The van der Waals surface area contributed by atoms with Gasteiger partial charge >= 0.3 is 5.97 Å². The number of carbonyl (C=O) groups excluding carboxylic acids is 1. The largest absolute Gasteiger partial charge is 0.435 e. The highest BCUT2D eigenvalue weighted by atomic mass is 16.5. The van der Waals surface area contributed by atoms with Crippen LogP contribution in [0, 0.1) is 0 Å². The number of esters is 1. The molecular weight excluding hydrogens is 200 g/mol. The first-order valence-electron chi connectivity index (χ1n) is 5.55. The minimum Gasteiger partial charge on any atom is -0.435 e. The number of hydrogen-bond acceptors (Lipinski definition) is 2. The van der Waals surface area contributed by atoms with Crippen LogP contribution in [0.4, 0.5) is 0 Å². The Morgan fingerprint density at radius 3 is 2.56 bits per heavy atom. The summed E-state index contributed by atoms with van der Waals surface area (Å²) in [6.45, 7) is 3.39. The molecule has 0 unspecified atom stereocenters. The number of ether oxygens (including phenoxy) is 1. The highest BCUT2D eigenvalue weighted by Gasteiger charge is 1.95. The maximum absolute atomic E-state index is 10.6. The van der Waals surface area contributed by atoms with E-state index in [9.17, 15) is 4.79 Å². The molecule has 0 heterocycles. The first kappa shape index (κ1) is 12.5. The summed E-state index contributed by atoms with van der Waals surface area (Å²) in [5.74, 6) is -0.262. The number of carbonyl (C=O) groups is 1. The van der Waals surface area contributed by atoms with Crippen LogP contribution in [0.15, 0.2) is 42.2 Å². The molecule has 0 saturated heterocycles. The number of rotatable bonds is 5. The Balaban J connectivity index is 2.25. The van der Waals surface area contributed by atoms with Crippen LogP contribution in [0.3, 0.4) is 0 Å². The number of hydrogen-bond donors (Lipinski definition) is 0. The molecule has 2 nitrogen and oxygen atoms in total. The third kappa shape index (κ3) is 5.35. The minimum atomic E-state index is -0.262. The molecule has 1 aromatic carbocycles. The molecule has 0 fully saturated rings. The lowest BCUT2D eigenvalue weighted by molar-refractivity contribution is -0.135. The maximum Gasteiger partial charge on any atom is 0.307 e.